The molecule has 1 nitrogen and oxygen atoms in total. The zero-order chi connectivity index (χ0) is 9.56. The van der Waals surface area contributed by atoms with Crippen LogP contribution in [0, 0.1) is 0 Å². The third kappa shape index (κ3) is 6.65. The summed E-state index contributed by atoms with van der Waals surface area (Å²) in [4.78, 5) is 10.5. The minimum absolute atomic E-state index is 0.704. The van der Waals surface area contributed by atoms with Gasteiger partial charge in [-0.25, -0.2) is 0 Å². The van der Waals surface area contributed by atoms with Crippen LogP contribution in [-0.2, 0) is 0 Å². The maximum Gasteiger partial charge on any atom is 0.313 e. The second kappa shape index (κ2) is 6.46. The molecule has 1 aromatic rings. The fraction of sp³-hybridized carbons (Fsp3) is 0.375. The zero-order valence-electron chi connectivity index (χ0n) is 6.88. The highest BCUT2D eigenvalue weighted by molar-refractivity contribution is 7.10. The number of carbonyl (C=O) groups is 1. The Kier molecular flexibility index (Phi) is 6.44. The predicted octanol–water partition coefficient (Wildman–Crippen LogP) is 4.46. The first-order valence-electron chi connectivity index (χ1n) is 3.42. The number of rotatable bonds is 1. The summed E-state index contributed by atoms with van der Waals surface area (Å²) < 4.78 is -0.889. The summed E-state index contributed by atoms with van der Waals surface area (Å²) in [6.07, 6.45) is 0. The van der Waals surface area contributed by atoms with Gasteiger partial charge >= 0.3 is 4.70 Å². The molecule has 0 aliphatic rings. The molecule has 12 heavy (non-hydrogen) atoms. The highest BCUT2D eigenvalue weighted by Crippen LogP contribution is 2.18. The third-order valence-electron chi connectivity index (χ3n) is 1.11. The monoisotopic (exact) mass is 224 g/mol. The first kappa shape index (κ1) is 11.9. The molecule has 1 aromatic heterocycles. The number of halogens is 2. The molecule has 0 saturated heterocycles. The molecule has 0 fully saturated rings. The maximum absolute atomic E-state index is 8.98. The highest BCUT2D eigenvalue weighted by atomic mass is 35.5. The van der Waals surface area contributed by atoms with Crippen molar-refractivity contribution >= 4 is 39.2 Å². The minimum atomic E-state index is -0.889. The lowest BCUT2D eigenvalue weighted by molar-refractivity contribution is 0.275. The van der Waals surface area contributed by atoms with E-state index in [0.717, 1.165) is 0 Å². The van der Waals surface area contributed by atoms with E-state index < -0.39 is 4.70 Å². The first-order chi connectivity index (χ1) is 5.54. The summed E-state index contributed by atoms with van der Waals surface area (Å²) in [5, 5.41) is 2.12. The van der Waals surface area contributed by atoms with Crippen LogP contribution in [0.4, 0.5) is 4.79 Å². The Hall–Kier alpha value is -0.0500. The van der Waals surface area contributed by atoms with Gasteiger partial charge < -0.3 is 0 Å². The van der Waals surface area contributed by atoms with E-state index in [-0.39, 0.29) is 0 Å². The molecule has 0 amide bonds. The summed E-state index contributed by atoms with van der Waals surface area (Å²) in [7, 11) is 0. The molecule has 1 rings (SSSR count). The molecule has 1 heterocycles. The van der Waals surface area contributed by atoms with Gasteiger partial charge in [-0.15, -0.1) is 11.3 Å². The van der Waals surface area contributed by atoms with Crippen LogP contribution in [-0.4, -0.2) is 4.70 Å². The van der Waals surface area contributed by atoms with Gasteiger partial charge in [-0.05, 0) is 40.6 Å². The summed E-state index contributed by atoms with van der Waals surface area (Å²) >= 11 is 10.6. The van der Waals surface area contributed by atoms with Crippen molar-refractivity contribution in [1.29, 1.82) is 0 Å². The lowest BCUT2D eigenvalue weighted by atomic mass is 10.2. The SMILES string of the molecule is CC(C)c1cccs1.O=C(Cl)Cl. The average molecular weight is 225 g/mol. The van der Waals surface area contributed by atoms with Crippen molar-refractivity contribution in [2.75, 3.05) is 0 Å². The van der Waals surface area contributed by atoms with Gasteiger partial charge in [0.15, 0.2) is 0 Å². The minimum Gasteiger partial charge on any atom is -0.262 e. The summed E-state index contributed by atoms with van der Waals surface area (Å²) in [5.74, 6) is 0.704. The van der Waals surface area contributed by atoms with Crippen LogP contribution < -0.4 is 0 Å². The predicted molar refractivity (Wildman–Crippen MR) is 55.5 cm³/mol. The van der Waals surface area contributed by atoms with E-state index in [2.05, 4.69) is 54.6 Å². The van der Waals surface area contributed by atoms with Gasteiger partial charge in [-0.2, -0.15) is 0 Å². The average Bonchev–Trinajstić information content (AvgIpc) is 2.34. The Labute approximate surface area is 86.3 Å². The molecule has 4 heteroatoms. The molecule has 0 aliphatic carbocycles. The van der Waals surface area contributed by atoms with E-state index in [1.165, 1.54) is 4.88 Å². The van der Waals surface area contributed by atoms with Crippen LogP contribution in [0.2, 0.25) is 0 Å². The zero-order valence-corrected chi connectivity index (χ0v) is 9.21. The molecule has 0 spiro atoms. The summed E-state index contributed by atoms with van der Waals surface area (Å²) in [6, 6.07) is 4.27. The standard InChI is InChI=1S/C7H10S.CCl2O/c1-6(2)7-4-3-5-8-7;2-1(3)4/h3-6H,1-2H3;. The largest absolute Gasteiger partial charge is 0.313 e. The second-order valence-corrected chi connectivity index (χ2v) is 4.26. The van der Waals surface area contributed by atoms with Gasteiger partial charge in [0.25, 0.3) is 0 Å². The van der Waals surface area contributed by atoms with Crippen molar-refractivity contribution in [1.82, 2.24) is 0 Å². The maximum atomic E-state index is 8.98. The van der Waals surface area contributed by atoms with Gasteiger partial charge in [0, 0.05) is 4.88 Å². The van der Waals surface area contributed by atoms with Gasteiger partial charge in [0.1, 0.15) is 0 Å². The second-order valence-electron chi connectivity index (χ2n) is 2.40. The number of hydrogen-bond donors (Lipinski definition) is 0. The van der Waals surface area contributed by atoms with E-state index in [4.69, 9.17) is 4.79 Å². The quantitative estimate of drug-likeness (QED) is 0.645. The van der Waals surface area contributed by atoms with Crippen molar-refractivity contribution < 1.29 is 4.79 Å². The Morgan fingerprint density at radius 1 is 1.50 bits per heavy atom. The van der Waals surface area contributed by atoms with Crippen LogP contribution in [0.1, 0.15) is 24.6 Å². The smallest absolute Gasteiger partial charge is 0.262 e. The Morgan fingerprint density at radius 3 is 2.17 bits per heavy atom. The van der Waals surface area contributed by atoms with Crippen molar-refractivity contribution in [3.8, 4) is 0 Å². The van der Waals surface area contributed by atoms with Crippen molar-refractivity contribution in [3.63, 3.8) is 0 Å². The lowest BCUT2D eigenvalue weighted by Gasteiger charge is -1.95. The lowest BCUT2D eigenvalue weighted by Crippen LogP contribution is -1.77. The van der Waals surface area contributed by atoms with E-state index in [0.29, 0.717) is 5.92 Å². The molecule has 0 aliphatic heterocycles. The molecule has 0 bridgehead atoms. The van der Waals surface area contributed by atoms with Crippen LogP contribution in [0.15, 0.2) is 17.5 Å². The molecular weight excluding hydrogens is 215 g/mol. The first-order valence-corrected chi connectivity index (χ1v) is 5.06. The van der Waals surface area contributed by atoms with Crippen LogP contribution in [0.5, 0.6) is 0 Å². The molecule has 0 aromatic carbocycles. The van der Waals surface area contributed by atoms with E-state index in [9.17, 15) is 0 Å². The normalized spacial score (nSPS) is 9.08. The van der Waals surface area contributed by atoms with E-state index in [1.54, 1.807) is 0 Å². The topological polar surface area (TPSA) is 17.1 Å². The molecule has 0 unspecified atom stereocenters. The van der Waals surface area contributed by atoms with Crippen molar-refractivity contribution in [2.45, 2.75) is 19.8 Å². The molecule has 0 radical (unpaired) electrons. The number of thiophene rings is 1. The summed E-state index contributed by atoms with van der Waals surface area (Å²) in [5.41, 5.74) is 0. The van der Waals surface area contributed by atoms with E-state index >= 15 is 0 Å². The van der Waals surface area contributed by atoms with Gasteiger partial charge in [-0.3, -0.25) is 4.79 Å². The third-order valence-corrected chi connectivity index (χ3v) is 2.29. The van der Waals surface area contributed by atoms with Crippen molar-refractivity contribution in [3.05, 3.63) is 22.4 Å². The van der Waals surface area contributed by atoms with Gasteiger partial charge in [-0.1, -0.05) is 19.9 Å². The van der Waals surface area contributed by atoms with Gasteiger partial charge in [0.2, 0.25) is 0 Å². The Morgan fingerprint density at radius 2 is 2.00 bits per heavy atom. The number of hydrogen-bond acceptors (Lipinski definition) is 2. The summed E-state index contributed by atoms with van der Waals surface area (Å²) in [6.45, 7) is 4.43. The van der Waals surface area contributed by atoms with E-state index in [1.807, 2.05) is 11.3 Å². The number of carbonyl (C=O) groups excluding carboxylic acids is 1. The molecular formula is C8H10Cl2OS. The molecule has 0 N–H and O–H groups in total. The van der Waals surface area contributed by atoms with Crippen LogP contribution in [0.3, 0.4) is 0 Å². The molecule has 0 saturated carbocycles. The van der Waals surface area contributed by atoms with Crippen molar-refractivity contribution in [2.24, 2.45) is 0 Å². The highest BCUT2D eigenvalue weighted by Gasteiger charge is 1.95. The van der Waals surface area contributed by atoms with Crippen LogP contribution >= 0.6 is 34.5 Å². The Bertz CT molecular complexity index is 215. The van der Waals surface area contributed by atoms with Gasteiger partial charge in [0.05, 0.1) is 0 Å². The Balaban J connectivity index is 0.000000261. The fourth-order valence-electron chi connectivity index (χ4n) is 0.620. The van der Waals surface area contributed by atoms with Crippen LogP contribution in [0.25, 0.3) is 0 Å². The fourth-order valence-corrected chi connectivity index (χ4v) is 1.36. The molecule has 0 atom stereocenters. The molecule has 68 valence electrons.